The molecule has 0 N–H and O–H groups in total. The number of nitrogens with zero attached hydrogens (tertiary/aromatic N) is 1. The summed E-state index contributed by atoms with van der Waals surface area (Å²) in [5.41, 5.74) is 20.5. The van der Waals surface area contributed by atoms with Gasteiger partial charge in [-0.25, -0.2) is 0 Å². The maximum atomic E-state index is 7.25. The maximum absolute atomic E-state index is 7.25. The van der Waals surface area contributed by atoms with Crippen molar-refractivity contribution in [1.82, 2.24) is 0 Å². The summed E-state index contributed by atoms with van der Waals surface area (Å²) in [4.78, 5) is 2.45. The number of anilines is 3. The van der Waals surface area contributed by atoms with Crippen LogP contribution in [0.2, 0.25) is 0 Å². The lowest BCUT2D eigenvalue weighted by molar-refractivity contribution is 0.573. The highest BCUT2D eigenvalue weighted by Crippen LogP contribution is 2.54. The molecule has 0 spiro atoms. The third-order valence-electron chi connectivity index (χ3n) is 13.4. The number of benzene rings is 7. The molecule has 0 fully saturated rings. The van der Waals surface area contributed by atoms with Crippen LogP contribution in [0.25, 0.3) is 55.3 Å². The fraction of sp³-hybridized carbons (Fsp3) is 0.250. The Morgan fingerprint density at radius 1 is 0.431 bits per heavy atom. The highest BCUT2D eigenvalue weighted by atomic mass is 16.3. The smallest absolute Gasteiger partial charge is 0.159 e. The van der Waals surface area contributed by atoms with Gasteiger partial charge in [-0.2, -0.15) is 0 Å². The van der Waals surface area contributed by atoms with Crippen LogP contribution in [-0.4, -0.2) is 0 Å². The summed E-state index contributed by atoms with van der Waals surface area (Å²) in [5.74, 6) is 0. The molecule has 1 aromatic heterocycles. The molecule has 10 rings (SSSR count). The number of hydrogen-bond donors (Lipinski definition) is 0. The summed E-state index contributed by atoms with van der Waals surface area (Å²) in [7, 11) is 0. The van der Waals surface area contributed by atoms with Crippen LogP contribution in [0.4, 0.5) is 17.1 Å². The van der Waals surface area contributed by atoms with Crippen molar-refractivity contribution in [3.05, 3.63) is 173 Å². The molecule has 0 radical (unpaired) electrons. The molecule has 2 heteroatoms. The lowest BCUT2D eigenvalue weighted by Crippen LogP contribution is -2.18. The summed E-state index contributed by atoms with van der Waals surface area (Å²) in [6, 6.07) is 52.5. The van der Waals surface area contributed by atoms with Crippen molar-refractivity contribution >= 4 is 39.0 Å². The van der Waals surface area contributed by atoms with Gasteiger partial charge in [0, 0.05) is 38.5 Å². The van der Waals surface area contributed by atoms with Crippen molar-refractivity contribution in [2.45, 2.75) is 90.9 Å². The number of para-hydroxylation sites is 1. The third kappa shape index (κ3) is 5.37. The monoisotopic (exact) mass is 755 g/mol. The van der Waals surface area contributed by atoms with Gasteiger partial charge in [-0.1, -0.05) is 166 Å². The maximum Gasteiger partial charge on any atom is 0.159 e. The zero-order valence-corrected chi connectivity index (χ0v) is 35.6. The normalized spacial score (nSPS) is 15.0. The van der Waals surface area contributed by atoms with Gasteiger partial charge in [-0.15, -0.1) is 0 Å². The summed E-state index contributed by atoms with van der Waals surface area (Å²) < 4.78 is 7.25. The molecule has 0 amide bonds. The molecule has 1 heterocycles. The SMILES string of the molecule is CC(C)(C)c1ccc(-c2cc(C(C)(C)C)c3oc4c(N(c5ccc6c(c5)C(C)(C)c5ccccc5-6)c5ccc6c(c5)C(C)(C)c5ccccc5-6)cccc4c3c2)cc1. The zero-order chi connectivity index (χ0) is 40.5. The van der Waals surface area contributed by atoms with Gasteiger partial charge in [0.05, 0.1) is 5.69 Å². The number of hydrogen-bond acceptors (Lipinski definition) is 2. The van der Waals surface area contributed by atoms with Gasteiger partial charge in [0.25, 0.3) is 0 Å². The Balaban J connectivity index is 1.21. The van der Waals surface area contributed by atoms with Crippen LogP contribution >= 0.6 is 0 Å². The van der Waals surface area contributed by atoms with Gasteiger partial charge in [-0.05, 0) is 114 Å². The second-order valence-corrected chi connectivity index (χ2v) is 19.9. The Labute approximate surface area is 344 Å². The van der Waals surface area contributed by atoms with E-state index in [2.05, 4.69) is 214 Å². The molecule has 58 heavy (non-hydrogen) atoms. The molecule has 288 valence electrons. The van der Waals surface area contributed by atoms with E-state index in [1.54, 1.807) is 0 Å². The van der Waals surface area contributed by atoms with Crippen molar-refractivity contribution < 1.29 is 4.42 Å². The quantitative estimate of drug-likeness (QED) is 0.178. The Morgan fingerprint density at radius 2 is 0.966 bits per heavy atom. The standard InChI is InChI=1S/C56H53NO/c1-53(2,3)36-24-22-34(23-25-36)35-30-44-43-18-15-21-50(52(43)58-51(44)49(31-35)54(4,5)6)57(37-26-28-41-39-16-11-13-19-45(39)55(7,8)47(41)32-37)38-27-29-42-40-17-12-14-20-46(40)56(9,10)48(42)33-38/h11-33H,1-10H3. The Kier molecular flexibility index (Phi) is 7.75. The number of rotatable bonds is 4. The van der Waals surface area contributed by atoms with E-state index in [9.17, 15) is 0 Å². The molecule has 2 nitrogen and oxygen atoms in total. The number of fused-ring (bicyclic) bond motifs is 9. The molecule has 0 atom stereocenters. The summed E-state index contributed by atoms with van der Waals surface area (Å²) in [6.07, 6.45) is 0. The van der Waals surface area contributed by atoms with E-state index in [-0.39, 0.29) is 21.7 Å². The minimum Gasteiger partial charge on any atom is -0.454 e. The summed E-state index contributed by atoms with van der Waals surface area (Å²) >= 11 is 0. The van der Waals surface area contributed by atoms with Gasteiger partial charge in [0.15, 0.2) is 5.58 Å². The second kappa shape index (κ2) is 12.3. The van der Waals surface area contributed by atoms with Crippen molar-refractivity contribution in [3.63, 3.8) is 0 Å². The first-order valence-corrected chi connectivity index (χ1v) is 20.9. The van der Waals surface area contributed by atoms with E-state index < -0.39 is 0 Å². The minimum absolute atomic E-state index is 0.0964. The van der Waals surface area contributed by atoms with Crippen LogP contribution in [0.1, 0.15) is 103 Å². The van der Waals surface area contributed by atoms with E-state index in [0.717, 1.165) is 39.0 Å². The van der Waals surface area contributed by atoms with Crippen molar-refractivity contribution in [3.8, 4) is 33.4 Å². The molecular formula is C56H53NO. The highest BCUT2D eigenvalue weighted by Gasteiger charge is 2.38. The molecule has 0 bridgehead atoms. The van der Waals surface area contributed by atoms with Gasteiger partial charge in [-0.3, -0.25) is 0 Å². The van der Waals surface area contributed by atoms with Crippen LogP contribution in [0, 0.1) is 0 Å². The minimum atomic E-state index is -0.144. The highest BCUT2D eigenvalue weighted by molar-refractivity contribution is 6.12. The first kappa shape index (κ1) is 36.5. The van der Waals surface area contributed by atoms with E-state index in [1.165, 1.54) is 66.8 Å². The van der Waals surface area contributed by atoms with Crippen LogP contribution < -0.4 is 4.90 Å². The van der Waals surface area contributed by atoms with Crippen molar-refractivity contribution in [2.24, 2.45) is 0 Å². The van der Waals surface area contributed by atoms with Crippen molar-refractivity contribution in [2.75, 3.05) is 4.90 Å². The Morgan fingerprint density at radius 3 is 1.50 bits per heavy atom. The fourth-order valence-corrected chi connectivity index (χ4v) is 10.0. The average molecular weight is 756 g/mol. The topological polar surface area (TPSA) is 16.4 Å². The zero-order valence-electron chi connectivity index (χ0n) is 35.6. The number of furan rings is 1. The fourth-order valence-electron chi connectivity index (χ4n) is 10.0. The van der Waals surface area contributed by atoms with Gasteiger partial charge < -0.3 is 9.32 Å². The predicted molar refractivity (Wildman–Crippen MR) is 246 cm³/mol. The molecule has 2 aliphatic carbocycles. The predicted octanol–water partition coefficient (Wildman–Crippen LogP) is 15.9. The molecule has 0 aliphatic heterocycles. The molecular weight excluding hydrogens is 703 g/mol. The van der Waals surface area contributed by atoms with Crippen molar-refractivity contribution in [1.29, 1.82) is 0 Å². The average Bonchev–Trinajstić information content (AvgIpc) is 3.77. The van der Waals surface area contributed by atoms with Crippen LogP contribution in [0.15, 0.2) is 144 Å². The lowest BCUT2D eigenvalue weighted by atomic mass is 9.82. The largest absolute Gasteiger partial charge is 0.454 e. The first-order valence-electron chi connectivity index (χ1n) is 20.9. The first-order chi connectivity index (χ1) is 27.5. The van der Waals surface area contributed by atoms with E-state index in [4.69, 9.17) is 4.42 Å². The third-order valence-corrected chi connectivity index (χ3v) is 13.4. The summed E-state index contributed by atoms with van der Waals surface area (Å²) in [5, 5.41) is 2.27. The van der Waals surface area contributed by atoms with Gasteiger partial charge >= 0.3 is 0 Å². The molecule has 0 saturated heterocycles. The van der Waals surface area contributed by atoms with E-state index >= 15 is 0 Å². The summed E-state index contributed by atoms with van der Waals surface area (Å²) in [6.45, 7) is 23.2. The van der Waals surface area contributed by atoms with Crippen LogP contribution in [0.5, 0.6) is 0 Å². The van der Waals surface area contributed by atoms with E-state index in [1.807, 2.05) is 0 Å². The molecule has 0 unspecified atom stereocenters. The Hall–Kier alpha value is -5.86. The lowest BCUT2D eigenvalue weighted by Gasteiger charge is -2.29. The van der Waals surface area contributed by atoms with Crippen LogP contribution in [-0.2, 0) is 21.7 Å². The molecule has 2 aliphatic rings. The van der Waals surface area contributed by atoms with Gasteiger partial charge in [0.2, 0.25) is 0 Å². The van der Waals surface area contributed by atoms with Gasteiger partial charge in [0.1, 0.15) is 5.58 Å². The molecule has 7 aromatic carbocycles. The molecule has 8 aromatic rings. The van der Waals surface area contributed by atoms with E-state index in [0.29, 0.717) is 0 Å². The second-order valence-electron chi connectivity index (χ2n) is 19.9. The van der Waals surface area contributed by atoms with Crippen LogP contribution in [0.3, 0.4) is 0 Å². The Bertz CT molecular complexity index is 2850. The molecule has 0 saturated carbocycles.